The van der Waals surface area contributed by atoms with Gasteiger partial charge in [0.1, 0.15) is 0 Å². The Labute approximate surface area is 49.3 Å². The minimum absolute atomic E-state index is 0.0769. The van der Waals surface area contributed by atoms with E-state index in [4.69, 9.17) is 10.6 Å². The van der Waals surface area contributed by atoms with Crippen molar-refractivity contribution in [2.24, 2.45) is 0 Å². The van der Waals surface area contributed by atoms with E-state index in [1.807, 2.05) is 0 Å². The first-order valence-electron chi connectivity index (χ1n) is 4.22. The maximum atomic E-state index is 8.96. The highest BCUT2D eigenvalue weighted by molar-refractivity contribution is 4.93. The molecule has 0 aromatic heterocycles. The van der Waals surface area contributed by atoms with Gasteiger partial charge in [-0.25, -0.2) is 0 Å². The van der Waals surface area contributed by atoms with Crippen LogP contribution >= 0.6 is 0 Å². The summed E-state index contributed by atoms with van der Waals surface area (Å²) in [7, 11) is 0. The molecule has 0 aromatic carbocycles. The van der Waals surface area contributed by atoms with Gasteiger partial charge in [-0.15, -0.1) is 0 Å². The summed E-state index contributed by atoms with van der Waals surface area (Å²) >= 11 is 0. The van der Waals surface area contributed by atoms with E-state index in [1.54, 1.807) is 0 Å². The predicted molar refractivity (Wildman–Crippen MR) is 29.2 cm³/mol. The van der Waals surface area contributed by atoms with Crippen LogP contribution in [0, 0.1) is 0 Å². The van der Waals surface area contributed by atoms with Crippen LogP contribution < -0.4 is 0 Å². The molecule has 1 N–H and O–H groups in total. The monoisotopic (exact) mass is 102 g/mol. The second-order valence-corrected chi connectivity index (χ2v) is 1.44. The molecule has 0 amide bonds. The summed E-state index contributed by atoms with van der Waals surface area (Å²) in [6.45, 7) is 0. The third-order valence-electron chi connectivity index (χ3n) is 0.802. The Morgan fingerprint density at radius 3 is 3.29 bits per heavy atom. The highest BCUT2D eigenvalue weighted by Crippen LogP contribution is 2.13. The molecule has 7 heavy (non-hydrogen) atoms. The van der Waals surface area contributed by atoms with E-state index in [9.17, 15) is 0 Å². The second-order valence-electron chi connectivity index (χ2n) is 1.44. The van der Waals surface area contributed by atoms with Crippen LogP contribution in [0.25, 0.3) is 0 Å². The van der Waals surface area contributed by atoms with Crippen LogP contribution in [0.15, 0.2) is 11.8 Å². The first-order chi connectivity index (χ1) is 4.81. The molecule has 0 atom stereocenters. The molecule has 0 aromatic rings. The molecule has 40 valence electrons. The van der Waals surface area contributed by atoms with Crippen molar-refractivity contribution in [3.63, 3.8) is 0 Å². The van der Waals surface area contributed by atoms with Crippen LogP contribution in [0.3, 0.4) is 0 Å². The van der Waals surface area contributed by atoms with Gasteiger partial charge in [-0.05, 0) is 25.2 Å². The fraction of sp³-hybridized carbons (Fsp3) is 0.667. The maximum Gasteiger partial charge on any atom is 0.0882 e. The Kier molecular flexibility index (Phi) is 0.518. The van der Waals surface area contributed by atoms with Gasteiger partial charge in [0.15, 0.2) is 0 Å². The molecule has 1 aliphatic carbocycles. The Balaban J connectivity index is 2.86. The molecule has 1 heteroatoms. The number of aliphatic hydroxyl groups is 1. The van der Waals surface area contributed by atoms with Crippen molar-refractivity contribution >= 4 is 0 Å². The lowest BCUT2D eigenvalue weighted by atomic mass is 10.1. The zero-order chi connectivity index (χ0) is 8.70. The fourth-order valence-electron chi connectivity index (χ4n) is 0.483. The molecule has 0 aliphatic heterocycles. The quantitative estimate of drug-likeness (QED) is 0.496. The van der Waals surface area contributed by atoms with Crippen LogP contribution in [0.4, 0.5) is 0 Å². The molecular formula is C6H10O. The lowest BCUT2D eigenvalue weighted by Crippen LogP contribution is -1.88. The Hall–Kier alpha value is -0.460. The van der Waals surface area contributed by atoms with Gasteiger partial charge in [-0.1, -0.05) is 0 Å². The summed E-state index contributed by atoms with van der Waals surface area (Å²) in [5, 5.41) is 8.96. The lowest BCUT2D eigenvalue weighted by Gasteiger charge is -2.04. The minimum Gasteiger partial charge on any atom is -0.513 e. The van der Waals surface area contributed by atoms with Gasteiger partial charge in [-0.2, -0.15) is 0 Å². The van der Waals surface area contributed by atoms with Crippen molar-refractivity contribution in [3.05, 3.63) is 11.8 Å². The van der Waals surface area contributed by atoms with E-state index >= 15 is 0 Å². The zero-order valence-electron chi connectivity index (χ0n) is 7.94. The first kappa shape index (κ1) is 1.81. The molecule has 0 spiro atoms. The van der Waals surface area contributed by atoms with Crippen LogP contribution in [0.2, 0.25) is 0 Å². The number of hydrogen-bond acceptors (Lipinski definition) is 1. The lowest BCUT2D eigenvalue weighted by molar-refractivity contribution is 0.368. The molecule has 0 heterocycles. The normalized spacial score (nSPS) is 44.3. The van der Waals surface area contributed by atoms with Crippen molar-refractivity contribution in [2.45, 2.75) is 25.6 Å². The van der Waals surface area contributed by atoms with Crippen molar-refractivity contribution < 1.29 is 10.6 Å². The minimum atomic E-state index is -1.70. The number of hydrogen-bond donors (Lipinski definition) is 1. The summed E-state index contributed by atoms with van der Waals surface area (Å²) in [4.78, 5) is 0. The maximum absolute atomic E-state index is 8.96. The number of aliphatic hydroxyl groups excluding tert-OH is 1. The highest BCUT2D eigenvalue weighted by Gasteiger charge is 1.97. The molecule has 0 radical (unpaired) electrons. The van der Waals surface area contributed by atoms with E-state index in [0.717, 1.165) is 6.08 Å². The van der Waals surface area contributed by atoms with Crippen molar-refractivity contribution in [3.8, 4) is 0 Å². The Morgan fingerprint density at radius 2 is 2.71 bits per heavy atom. The third kappa shape index (κ3) is 1.22. The van der Waals surface area contributed by atoms with Crippen molar-refractivity contribution in [2.75, 3.05) is 0 Å². The van der Waals surface area contributed by atoms with Gasteiger partial charge in [0.05, 0.1) is 5.76 Å². The molecule has 0 fully saturated rings. The molecule has 1 nitrogen and oxygen atoms in total. The van der Waals surface area contributed by atoms with Crippen LogP contribution in [-0.4, -0.2) is 5.11 Å². The summed E-state index contributed by atoms with van der Waals surface area (Å²) in [5.74, 6) is -0.189. The molecule has 0 bridgehead atoms. The van der Waals surface area contributed by atoms with E-state index < -0.39 is 12.7 Å². The largest absolute Gasteiger partial charge is 0.513 e. The van der Waals surface area contributed by atoms with E-state index in [0.29, 0.717) is 0 Å². The van der Waals surface area contributed by atoms with Crippen LogP contribution in [0.5, 0.6) is 0 Å². The summed E-state index contributed by atoms with van der Waals surface area (Å²) in [6.07, 6.45) is -2.49. The molecule has 1 rings (SSSR count). The standard InChI is InChI=1S/C6H10O/c7-6-4-2-1-3-5-6/h4,7H,1-3,5H2/i2D2,3D2. The predicted octanol–water partition coefficient (Wildman–Crippen LogP) is 2.00. The number of allylic oxidation sites excluding steroid dienone is 2. The van der Waals surface area contributed by atoms with Gasteiger partial charge in [0, 0.05) is 11.9 Å². The van der Waals surface area contributed by atoms with Gasteiger partial charge in [-0.3, -0.25) is 0 Å². The zero-order valence-corrected chi connectivity index (χ0v) is 3.94. The van der Waals surface area contributed by atoms with Gasteiger partial charge in [0.2, 0.25) is 0 Å². The van der Waals surface area contributed by atoms with Crippen LogP contribution in [0.1, 0.15) is 31.1 Å². The highest BCUT2D eigenvalue weighted by atomic mass is 16.3. The Bertz CT molecular complexity index is 197. The average molecular weight is 102 g/mol. The SMILES string of the molecule is [2H]C1([2H])C=C(O)CC([2H])([2H])C1. The summed E-state index contributed by atoms with van der Waals surface area (Å²) in [5.41, 5.74) is 0. The molecule has 0 unspecified atom stereocenters. The topological polar surface area (TPSA) is 20.2 Å². The molecule has 0 saturated heterocycles. The van der Waals surface area contributed by atoms with Crippen molar-refractivity contribution in [1.29, 1.82) is 0 Å². The smallest absolute Gasteiger partial charge is 0.0882 e. The average Bonchev–Trinajstić information content (AvgIpc) is 1.49. The third-order valence-corrected chi connectivity index (χ3v) is 0.802. The van der Waals surface area contributed by atoms with E-state index in [-0.39, 0.29) is 18.6 Å². The first-order valence-corrected chi connectivity index (χ1v) is 2.22. The van der Waals surface area contributed by atoms with Gasteiger partial charge in [0.25, 0.3) is 0 Å². The van der Waals surface area contributed by atoms with Gasteiger partial charge < -0.3 is 5.11 Å². The van der Waals surface area contributed by atoms with Crippen LogP contribution in [-0.2, 0) is 0 Å². The second kappa shape index (κ2) is 2.01. The summed E-state index contributed by atoms with van der Waals surface area (Å²) < 4.78 is 28.9. The van der Waals surface area contributed by atoms with Crippen molar-refractivity contribution in [1.82, 2.24) is 0 Å². The fourth-order valence-corrected chi connectivity index (χ4v) is 0.483. The number of rotatable bonds is 0. The van der Waals surface area contributed by atoms with E-state index in [2.05, 4.69) is 0 Å². The molecular weight excluding hydrogens is 88.1 g/mol. The molecule has 1 aliphatic rings. The van der Waals surface area contributed by atoms with Gasteiger partial charge >= 0.3 is 0 Å². The molecule has 0 saturated carbocycles. The Morgan fingerprint density at radius 1 is 1.86 bits per heavy atom. The summed E-state index contributed by atoms with van der Waals surface area (Å²) in [6, 6.07) is 0. The van der Waals surface area contributed by atoms with E-state index in [1.165, 1.54) is 0 Å².